The number of amides is 1. The number of ether oxygens (including phenoxy) is 1. The van der Waals surface area contributed by atoms with Crippen LogP contribution in [0.2, 0.25) is 0 Å². The molecule has 0 radical (unpaired) electrons. The topological polar surface area (TPSA) is 75.6 Å². The zero-order valence-corrected chi connectivity index (χ0v) is 12.9. The van der Waals surface area contributed by atoms with E-state index in [9.17, 15) is 9.59 Å². The fourth-order valence-corrected chi connectivity index (χ4v) is 2.62. The summed E-state index contributed by atoms with van der Waals surface area (Å²) < 4.78 is 5.07. The average molecular weight is 319 g/mol. The van der Waals surface area contributed by atoms with Gasteiger partial charge in [0.05, 0.1) is 12.5 Å². The molecule has 116 valence electrons. The first kappa shape index (κ1) is 16.0. The van der Waals surface area contributed by atoms with Crippen LogP contribution in [0.4, 0.5) is 0 Å². The van der Waals surface area contributed by atoms with Crippen LogP contribution >= 0.6 is 11.3 Å². The maximum Gasteiger partial charge on any atom is 0.341 e. The van der Waals surface area contributed by atoms with Gasteiger partial charge in [0.2, 0.25) is 5.91 Å². The second kappa shape index (κ2) is 7.61. The van der Waals surface area contributed by atoms with E-state index in [1.165, 1.54) is 0 Å². The Balaban J connectivity index is 1.87. The van der Waals surface area contributed by atoms with Gasteiger partial charge in [-0.3, -0.25) is 4.79 Å². The molecule has 0 aliphatic heterocycles. The molecule has 1 aromatic carbocycles. The smallest absolute Gasteiger partial charge is 0.341 e. The van der Waals surface area contributed by atoms with Gasteiger partial charge in [-0.1, -0.05) is 12.1 Å². The zero-order valence-electron chi connectivity index (χ0n) is 12.1. The Kier molecular flexibility index (Phi) is 5.55. The van der Waals surface area contributed by atoms with E-state index in [1.54, 1.807) is 23.5 Å². The molecule has 2 aromatic rings. The van der Waals surface area contributed by atoms with Crippen molar-refractivity contribution in [1.82, 2.24) is 5.32 Å². The Morgan fingerprint density at radius 1 is 1.27 bits per heavy atom. The van der Waals surface area contributed by atoms with Crippen LogP contribution < -0.4 is 10.1 Å². The first-order chi connectivity index (χ1) is 10.5. The van der Waals surface area contributed by atoms with Gasteiger partial charge in [0.15, 0.2) is 6.61 Å². The highest BCUT2D eigenvalue weighted by molar-refractivity contribution is 7.07. The second-order valence-corrected chi connectivity index (χ2v) is 5.63. The number of nitrogens with one attached hydrogen (secondary N) is 1. The molecule has 22 heavy (non-hydrogen) atoms. The van der Waals surface area contributed by atoms with Gasteiger partial charge in [0.25, 0.3) is 0 Å². The van der Waals surface area contributed by atoms with Crippen molar-refractivity contribution >= 4 is 23.2 Å². The van der Waals surface area contributed by atoms with E-state index < -0.39 is 5.97 Å². The number of carboxylic acid groups (broad SMARTS) is 1. The summed E-state index contributed by atoms with van der Waals surface area (Å²) in [5, 5.41) is 15.4. The lowest BCUT2D eigenvalue weighted by atomic mass is 10.1. The maximum absolute atomic E-state index is 11.9. The minimum atomic E-state index is -1.02. The highest BCUT2D eigenvalue weighted by atomic mass is 32.1. The zero-order chi connectivity index (χ0) is 15.9. The maximum atomic E-state index is 11.9. The Hall–Kier alpha value is -2.34. The Labute approximate surface area is 132 Å². The van der Waals surface area contributed by atoms with Crippen LogP contribution in [0.5, 0.6) is 5.75 Å². The van der Waals surface area contributed by atoms with Crippen molar-refractivity contribution in [2.75, 3.05) is 6.61 Å². The SMILES string of the molecule is CC(NC(=O)Cc1ccsc1)c1ccc(OCC(=O)O)cc1. The van der Waals surface area contributed by atoms with Gasteiger partial charge in [-0.15, -0.1) is 0 Å². The molecule has 2 N–H and O–H groups in total. The van der Waals surface area contributed by atoms with Crippen LogP contribution in [0.15, 0.2) is 41.1 Å². The second-order valence-electron chi connectivity index (χ2n) is 4.85. The number of benzene rings is 1. The van der Waals surface area contributed by atoms with Crippen LogP contribution in [0.3, 0.4) is 0 Å². The van der Waals surface area contributed by atoms with Crippen molar-refractivity contribution in [2.24, 2.45) is 0 Å². The molecular weight excluding hydrogens is 302 g/mol. The number of thiophene rings is 1. The molecule has 1 amide bonds. The number of hydrogen-bond donors (Lipinski definition) is 2. The molecule has 1 unspecified atom stereocenters. The average Bonchev–Trinajstić information content (AvgIpc) is 2.98. The van der Waals surface area contributed by atoms with E-state index in [4.69, 9.17) is 9.84 Å². The van der Waals surface area contributed by atoms with E-state index in [2.05, 4.69) is 5.32 Å². The summed E-state index contributed by atoms with van der Waals surface area (Å²) in [7, 11) is 0. The third kappa shape index (κ3) is 4.89. The molecule has 5 nitrogen and oxygen atoms in total. The van der Waals surface area contributed by atoms with E-state index in [0.717, 1.165) is 11.1 Å². The van der Waals surface area contributed by atoms with Gasteiger partial charge in [0.1, 0.15) is 5.75 Å². The molecule has 0 fully saturated rings. The largest absolute Gasteiger partial charge is 0.482 e. The van der Waals surface area contributed by atoms with Crippen molar-refractivity contribution < 1.29 is 19.4 Å². The van der Waals surface area contributed by atoms with Crippen LogP contribution in [0.25, 0.3) is 0 Å². The van der Waals surface area contributed by atoms with Crippen molar-refractivity contribution in [2.45, 2.75) is 19.4 Å². The van der Waals surface area contributed by atoms with Gasteiger partial charge in [0, 0.05) is 0 Å². The van der Waals surface area contributed by atoms with Crippen molar-refractivity contribution in [1.29, 1.82) is 0 Å². The van der Waals surface area contributed by atoms with Crippen LogP contribution in [0.1, 0.15) is 24.1 Å². The van der Waals surface area contributed by atoms with E-state index in [1.807, 2.05) is 35.9 Å². The highest BCUT2D eigenvalue weighted by Crippen LogP contribution is 2.18. The third-order valence-corrected chi connectivity index (χ3v) is 3.80. The number of carboxylic acids is 1. The first-order valence-electron chi connectivity index (χ1n) is 6.79. The van der Waals surface area contributed by atoms with Gasteiger partial charge < -0.3 is 15.2 Å². The summed E-state index contributed by atoms with van der Waals surface area (Å²) in [6.45, 7) is 1.53. The van der Waals surface area contributed by atoms with Crippen LogP contribution in [-0.2, 0) is 16.0 Å². The highest BCUT2D eigenvalue weighted by Gasteiger charge is 2.10. The number of rotatable bonds is 7. The summed E-state index contributed by atoms with van der Waals surface area (Å²) in [6, 6.07) is 8.82. The molecule has 2 rings (SSSR count). The molecule has 1 heterocycles. The fourth-order valence-electron chi connectivity index (χ4n) is 1.95. The molecule has 0 saturated heterocycles. The van der Waals surface area contributed by atoms with Crippen LogP contribution in [0, 0.1) is 0 Å². The summed E-state index contributed by atoms with van der Waals surface area (Å²) in [5.74, 6) is -0.557. The summed E-state index contributed by atoms with van der Waals surface area (Å²) in [4.78, 5) is 22.4. The number of hydrogen-bond acceptors (Lipinski definition) is 4. The van der Waals surface area contributed by atoms with Crippen LogP contribution in [-0.4, -0.2) is 23.6 Å². The third-order valence-electron chi connectivity index (χ3n) is 3.06. The molecule has 0 aliphatic rings. The van der Waals surface area contributed by atoms with Crippen molar-refractivity contribution in [3.8, 4) is 5.75 Å². The molecule has 1 aromatic heterocycles. The standard InChI is InChI=1S/C16H17NO4S/c1-11(17-15(18)8-12-6-7-22-10-12)13-2-4-14(5-3-13)21-9-16(19)20/h2-7,10-11H,8-9H2,1H3,(H,17,18)(H,19,20). The fraction of sp³-hybridized carbons (Fsp3) is 0.250. The lowest BCUT2D eigenvalue weighted by Crippen LogP contribution is -2.27. The Bertz CT molecular complexity index is 622. The van der Waals surface area contributed by atoms with Crippen molar-refractivity contribution in [3.63, 3.8) is 0 Å². The number of carbonyl (C=O) groups is 2. The molecule has 6 heteroatoms. The lowest BCUT2D eigenvalue weighted by molar-refractivity contribution is -0.139. The van der Waals surface area contributed by atoms with E-state index in [-0.39, 0.29) is 18.6 Å². The minimum absolute atomic E-state index is 0.0305. The molecule has 0 bridgehead atoms. The van der Waals surface area contributed by atoms with Gasteiger partial charge >= 0.3 is 5.97 Å². The number of carbonyl (C=O) groups excluding carboxylic acids is 1. The Morgan fingerprint density at radius 2 is 2.00 bits per heavy atom. The number of aliphatic carboxylic acids is 1. The monoisotopic (exact) mass is 319 g/mol. The lowest BCUT2D eigenvalue weighted by Gasteiger charge is -2.14. The normalized spacial score (nSPS) is 11.7. The summed E-state index contributed by atoms with van der Waals surface area (Å²) in [6.07, 6.45) is 0.369. The quantitative estimate of drug-likeness (QED) is 0.822. The minimum Gasteiger partial charge on any atom is -0.482 e. The molecule has 1 atom stereocenters. The Morgan fingerprint density at radius 3 is 2.59 bits per heavy atom. The van der Waals surface area contributed by atoms with Gasteiger partial charge in [-0.25, -0.2) is 4.79 Å². The predicted octanol–water partition coefficient (Wildman–Crippen LogP) is 2.63. The molecule has 0 saturated carbocycles. The van der Waals surface area contributed by atoms with Gasteiger partial charge in [-0.05, 0) is 47.0 Å². The molecule has 0 spiro atoms. The van der Waals surface area contributed by atoms with Crippen molar-refractivity contribution in [3.05, 3.63) is 52.2 Å². The van der Waals surface area contributed by atoms with E-state index in [0.29, 0.717) is 12.2 Å². The summed E-state index contributed by atoms with van der Waals surface area (Å²) in [5.41, 5.74) is 1.94. The first-order valence-corrected chi connectivity index (χ1v) is 7.74. The molecular formula is C16H17NO4S. The summed E-state index contributed by atoms with van der Waals surface area (Å²) >= 11 is 1.57. The van der Waals surface area contributed by atoms with Gasteiger partial charge in [-0.2, -0.15) is 11.3 Å². The molecule has 0 aliphatic carbocycles. The predicted molar refractivity (Wildman–Crippen MR) is 84.2 cm³/mol. The van der Waals surface area contributed by atoms with E-state index >= 15 is 0 Å².